The van der Waals surface area contributed by atoms with E-state index < -0.39 is 5.67 Å². The molecule has 1 rings (SSSR count). The molecule has 0 bridgehead atoms. The van der Waals surface area contributed by atoms with Crippen molar-refractivity contribution in [2.45, 2.75) is 25.4 Å². The normalized spacial score (nSPS) is 31.2. The third-order valence-corrected chi connectivity index (χ3v) is 2.65. The van der Waals surface area contributed by atoms with E-state index in [1.807, 2.05) is 19.0 Å². The van der Waals surface area contributed by atoms with Gasteiger partial charge >= 0.3 is 0 Å². The van der Waals surface area contributed by atoms with Crippen molar-refractivity contribution in [3.05, 3.63) is 0 Å². The molecule has 1 fully saturated rings. The minimum absolute atomic E-state index is 0.559. The van der Waals surface area contributed by atoms with Gasteiger partial charge in [0.2, 0.25) is 0 Å². The van der Waals surface area contributed by atoms with Crippen LogP contribution in [0.5, 0.6) is 0 Å². The van der Waals surface area contributed by atoms with E-state index in [2.05, 4.69) is 11.8 Å². The molecule has 0 aromatic rings. The second-order valence-corrected chi connectivity index (χ2v) is 4.36. The summed E-state index contributed by atoms with van der Waals surface area (Å²) in [5.41, 5.74) is -0.974. The lowest BCUT2D eigenvalue weighted by atomic mass is 9.94. The van der Waals surface area contributed by atoms with E-state index in [-0.39, 0.29) is 0 Å². The highest BCUT2D eigenvalue weighted by atomic mass is 19.1. The third kappa shape index (κ3) is 3.24. The van der Waals surface area contributed by atoms with Crippen LogP contribution in [0.3, 0.4) is 0 Å². The summed E-state index contributed by atoms with van der Waals surface area (Å²) in [7, 11) is 3.87. The molecule has 13 heavy (non-hydrogen) atoms. The van der Waals surface area contributed by atoms with E-state index in [4.69, 9.17) is 0 Å². The molecule has 0 aromatic heterocycles. The van der Waals surface area contributed by atoms with E-state index in [0.29, 0.717) is 13.1 Å². The summed E-state index contributed by atoms with van der Waals surface area (Å²) in [5, 5.41) is 0. The fourth-order valence-electron chi connectivity index (χ4n) is 2.14. The van der Waals surface area contributed by atoms with Gasteiger partial charge in [-0.1, -0.05) is 6.92 Å². The third-order valence-electron chi connectivity index (χ3n) is 2.65. The Labute approximate surface area is 80.7 Å². The molecule has 0 spiro atoms. The van der Waals surface area contributed by atoms with Crippen molar-refractivity contribution in [2.75, 3.05) is 40.3 Å². The van der Waals surface area contributed by atoms with E-state index >= 15 is 0 Å². The van der Waals surface area contributed by atoms with Gasteiger partial charge in [-0.05, 0) is 40.0 Å². The molecule has 1 aliphatic rings. The SMILES string of the molecule is CCN1CCC[C@@](F)(CN(C)C)C1. The largest absolute Gasteiger partial charge is 0.306 e. The average Bonchev–Trinajstić information content (AvgIpc) is 2.02. The maximum Gasteiger partial charge on any atom is 0.136 e. The van der Waals surface area contributed by atoms with Crippen molar-refractivity contribution in [3.8, 4) is 0 Å². The molecular formula is C10H21FN2. The van der Waals surface area contributed by atoms with E-state index in [0.717, 1.165) is 25.9 Å². The highest BCUT2D eigenvalue weighted by Gasteiger charge is 2.35. The molecule has 1 heterocycles. The lowest BCUT2D eigenvalue weighted by Crippen LogP contribution is -2.50. The van der Waals surface area contributed by atoms with Gasteiger partial charge in [-0.3, -0.25) is 0 Å². The van der Waals surface area contributed by atoms with E-state index in [1.165, 1.54) is 0 Å². The fourth-order valence-corrected chi connectivity index (χ4v) is 2.14. The van der Waals surface area contributed by atoms with Crippen LogP contribution >= 0.6 is 0 Å². The zero-order valence-electron chi connectivity index (χ0n) is 9.02. The van der Waals surface area contributed by atoms with Crippen molar-refractivity contribution >= 4 is 0 Å². The topological polar surface area (TPSA) is 6.48 Å². The Hall–Kier alpha value is -0.150. The van der Waals surface area contributed by atoms with Crippen LogP contribution in [0.15, 0.2) is 0 Å². The minimum Gasteiger partial charge on any atom is -0.306 e. The lowest BCUT2D eigenvalue weighted by Gasteiger charge is -2.38. The number of likely N-dealkylation sites (tertiary alicyclic amines) is 1. The Bertz CT molecular complexity index is 161. The number of halogens is 1. The first kappa shape index (κ1) is 10.9. The van der Waals surface area contributed by atoms with Gasteiger partial charge in [0.15, 0.2) is 0 Å². The molecule has 1 aliphatic heterocycles. The minimum atomic E-state index is -0.974. The molecule has 2 nitrogen and oxygen atoms in total. The Morgan fingerprint density at radius 1 is 1.46 bits per heavy atom. The molecule has 1 atom stereocenters. The molecule has 0 N–H and O–H groups in total. The Kier molecular flexibility index (Phi) is 3.68. The van der Waals surface area contributed by atoms with Gasteiger partial charge in [-0.25, -0.2) is 4.39 Å². The Morgan fingerprint density at radius 2 is 2.15 bits per heavy atom. The van der Waals surface area contributed by atoms with Crippen molar-refractivity contribution in [1.29, 1.82) is 0 Å². The summed E-state index contributed by atoms with van der Waals surface area (Å²) in [6, 6.07) is 0. The average molecular weight is 188 g/mol. The van der Waals surface area contributed by atoms with E-state index in [9.17, 15) is 4.39 Å². The number of alkyl halides is 1. The molecular weight excluding hydrogens is 167 g/mol. The van der Waals surface area contributed by atoms with Crippen LogP contribution in [0.25, 0.3) is 0 Å². The monoisotopic (exact) mass is 188 g/mol. The quantitative estimate of drug-likeness (QED) is 0.660. The number of nitrogens with zero attached hydrogens (tertiary/aromatic N) is 2. The summed E-state index contributed by atoms with van der Waals surface area (Å²) < 4.78 is 14.2. The summed E-state index contributed by atoms with van der Waals surface area (Å²) in [6.07, 6.45) is 1.72. The van der Waals surface area contributed by atoms with Crippen LogP contribution in [0, 0.1) is 0 Å². The first-order valence-corrected chi connectivity index (χ1v) is 5.12. The second-order valence-electron chi connectivity index (χ2n) is 4.36. The van der Waals surface area contributed by atoms with Gasteiger partial charge in [-0.15, -0.1) is 0 Å². The molecule has 1 saturated heterocycles. The number of rotatable bonds is 3. The van der Waals surface area contributed by atoms with Crippen molar-refractivity contribution in [2.24, 2.45) is 0 Å². The molecule has 0 radical (unpaired) electrons. The van der Waals surface area contributed by atoms with Gasteiger partial charge in [-0.2, -0.15) is 0 Å². The van der Waals surface area contributed by atoms with E-state index in [1.54, 1.807) is 0 Å². The fraction of sp³-hybridized carbons (Fsp3) is 1.00. The molecule has 3 heteroatoms. The van der Waals surface area contributed by atoms with Crippen LogP contribution in [0.4, 0.5) is 4.39 Å². The van der Waals surface area contributed by atoms with Crippen LogP contribution in [-0.4, -0.2) is 55.7 Å². The zero-order chi connectivity index (χ0) is 9.90. The number of hydrogen-bond donors (Lipinski definition) is 0. The maximum atomic E-state index is 14.2. The Balaban J connectivity index is 2.47. The number of piperidine rings is 1. The van der Waals surface area contributed by atoms with Gasteiger partial charge in [0.25, 0.3) is 0 Å². The molecule has 0 aromatic carbocycles. The summed E-state index contributed by atoms with van der Waals surface area (Å²) in [6.45, 7) is 5.31. The highest BCUT2D eigenvalue weighted by molar-refractivity contribution is 4.89. The van der Waals surface area contributed by atoms with Gasteiger partial charge in [0.1, 0.15) is 5.67 Å². The second kappa shape index (κ2) is 4.38. The Morgan fingerprint density at radius 3 is 2.69 bits per heavy atom. The molecule has 0 saturated carbocycles. The van der Waals surface area contributed by atoms with Crippen LogP contribution in [0.2, 0.25) is 0 Å². The molecule has 0 unspecified atom stereocenters. The van der Waals surface area contributed by atoms with Crippen LogP contribution in [-0.2, 0) is 0 Å². The molecule has 0 amide bonds. The first-order valence-electron chi connectivity index (χ1n) is 5.12. The zero-order valence-corrected chi connectivity index (χ0v) is 9.02. The standard InChI is InChI=1S/C10H21FN2/c1-4-13-7-5-6-10(11,9-13)8-12(2)3/h4-9H2,1-3H3/t10-/m1/s1. The smallest absolute Gasteiger partial charge is 0.136 e. The van der Waals surface area contributed by atoms with Crippen molar-refractivity contribution in [1.82, 2.24) is 9.80 Å². The molecule has 78 valence electrons. The van der Waals surface area contributed by atoms with Gasteiger partial charge < -0.3 is 9.80 Å². The summed E-state index contributed by atoms with van der Waals surface area (Å²) in [4.78, 5) is 4.14. The predicted molar refractivity (Wildman–Crippen MR) is 53.7 cm³/mol. The van der Waals surface area contributed by atoms with Crippen LogP contribution < -0.4 is 0 Å². The van der Waals surface area contributed by atoms with Crippen LogP contribution in [0.1, 0.15) is 19.8 Å². The van der Waals surface area contributed by atoms with Gasteiger partial charge in [0.05, 0.1) is 0 Å². The first-order chi connectivity index (χ1) is 6.06. The molecule has 0 aliphatic carbocycles. The summed E-state index contributed by atoms with van der Waals surface area (Å²) in [5.74, 6) is 0. The van der Waals surface area contributed by atoms with Crippen molar-refractivity contribution in [3.63, 3.8) is 0 Å². The predicted octanol–water partition coefficient (Wildman–Crippen LogP) is 1.37. The maximum absolute atomic E-state index is 14.2. The number of hydrogen-bond acceptors (Lipinski definition) is 2. The highest BCUT2D eigenvalue weighted by Crippen LogP contribution is 2.25. The van der Waals surface area contributed by atoms with Gasteiger partial charge in [0, 0.05) is 13.1 Å². The lowest BCUT2D eigenvalue weighted by molar-refractivity contribution is 0.0272. The summed E-state index contributed by atoms with van der Waals surface area (Å²) >= 11 is 0. The van der Waals surface area contributed by atoms with Crippen molar-refractivity contribution < 1.29 is 4.39 Å².